The summed E-state index contributed by atoms with van der Waals surface area (Å²) in [5, 5.41) is 58.9. The van der Waals surface area contributed by atoms with E-state index < -0.39 is 48.3 Å². The number of nitrogens with zero attached hydrogens (tertiary/aromatic N) is 8. The van der Waals surface area contributed by atoms with Crippen LogP contribution in [0.2, 0.25) is 0 Å². The fourth-order valence-corrected chi connectivity index (χ4v) is 14.9. The molecule has 0 aliphatic rings. The van der Waals surface area contributed by atoms with E-state index in [1.807, 2.05) is 145 Å². The molecular formula is C88H96N12O12S4. The summed E-state index contributed by atoms with van der Waals surface area (Å²) in [5.74, 6) is 1.78. The van der Waals surface area contributed by atoms with E-state index in [0.29, 0.717) is 84.8 Å². The Morgan fingerprint density at radius 2 is 0.595 bits per heavy atom. The van der Waals surface area contributed by atoms with Crippen LogP contribution in [-0.4, -0.2) is 111 Å². The lowest BCUT2D eigenvalue weighted by Crippen LogP contribution is -2.15. The molecule has 604 valence electrons. The Morgan fingerprint density at radius 3 is 0.845 bits per heavy atom. The second kappa shape index (κ2) is 44.3. The maximum atomic E-state index is 11.4. The van der Waals surface area contributed by atoms with Crippen molar-refractivity contribution in [1.82, 2.24) is 39.9 Å². The molecule has 0 aliphatic heterocycles. The number of aliphatic carboxylic acids is 4. The Balaban J connectivity index is 0.000000177. The van der Waals surface area contributed by atoms with Crippen LogP contribution >= 0.6 is 45.3 Å². The van der Waals surface area contributed by atoms with Crippen LogP contribution in [0, 0.1) is 13.8 Å². The van der Waals surface area contributed by atoms with Gasteiger partial charge in [0.25, 0.3) is 0 Å². The van der Waals surface area contributed by atoms with E-state index in [9.17, 15) is 39.6 Å². The van der Waals surface area contributed by atoms with Crippen molar-refractivity contribution in [2.75, 3.05) is 47.7 Å². The number of carboxylic acids is 4. The summed E-state index contributed by atoms with van der Waals surface area (Å²) in [6, 6.07) is 44.7. The highest BCUT2D eigenvalue weighted by molar-refractivity contribution is 7.14. The maximum Gasteiger partial charge on any atom is 0.337 e. The van der Waals surface area contributed by atoms with E-state index in [0.717, 1.165) is 136 Å². The molecule has 28 heteroatoms. The van der Waals surface area contributed by atoms with E-state index in [-0.39, 0.29) is 0 Å². The van der Waals surface area contributed by atoms with Crippen molar-refractivity contribution in [3.8, 4) is 42.8 Å². The van der Waals surface area contributed by atoms with Crippen LogP contribution < -0.4 is 21.3 Å². The van der Waals surface area contributed by atoms with Crippen LogP contribution in [0.25, 0.3) is 42.8 Å². The number of rotatable bonds is 36. The second-order valence-corrected chi connectivity index (χ2v) is 29.3. The van der Waals surface area contributed by atoms with Gasteiger partial charge in [0.05, 0.1) is 19.5 Å². The predicted octanol–water partition coefficient (Wildman–Crippen LogP) is 20.8. The van der Waals surface area contributed by atoms with Gasteiger partial charge in [-0.15, -0.1) is 58.5 Å². The first-order chi connectivity index (χ1) is 56.2. The summed E-state index contributed by atoms with van der Waals surface area (Å²) in [4.78, 5) is 87.5. The Morgan fingerprint density at radius 1 is 0.345 bits per heavy atom. The zero-order chi connectivity index (χ0) is 83.2. The van der Waals surface area contributed by atoms with Crippen LogP contribution in [-0.2, 0) is 76.7 Å². The van der Waals surface area contributed by atoms with Crippen molar-refractivity contribution >= 4 is 115 Å². The van der Waals surface area contributed by atoms with Gasteiger partial charge in [0.15, 0.2) is 47.7 Å². The molecule has 0 fully saturated rings. The molecule has 4 aromatic carbocycles. The number of benzene rings is 4. The van der Waals surface area contributed by atoms with Crippen LogP contribution in [0.1, 0.15) is 147 Å². The quantitative estimate of drug-likeness (QED) is 0.0169. The standard InChI is InChI=1S/C23H25N3O3S.C22H23N3O3S.C22H25N3O3S.C21H23N3O3S/c1-4-8-17-18(5-2)25-22(19-9-7-14-30-19)26-21(17)24-16-12-10-15(11-13-16)20(23(27)28)29-6-3;1-4-7-17-14(3)23-21(18-8-6-13-29-18)25-20(17)24-16-11-9-15(10-12-16)19(22(26)27)28-5-2;1-4-16-17(5-2)24-21(18-8-7-13-29-18)25-20(16)23-15-11-9-14(10-12-15)19(22(26)27)28-6-3;1-4-16-13(3)22-20(17-7-6-12-28-17)24-19(16)23-15-10-8-14(9-11-15)18(21(25)26)27-5-2/h4,7,9-14,20H,1,5-6,8H2,2-3H3,(H,27,28)(H,24,25,26);4,6,8-13,19H,1,5,7H2,2-3H3,(H,26,27)(H,23,24,25);7-13,19H,4-6H2,1-3H3,(H,26,27)(H,23,24,25);6-12,18H,4-5H2,1-3H3,(H,25,26)(H,22,23,24). The molecule has 4 atom stereocenters. The van der Waals surface area contributed by atoms with Gasteiger partial charge in [-0.25, -0.2) is 59.0 Å². The van der Waals surface area contributed by atoms with E-state index in [4.69, 9.17) is 48.9 Å². The van der Waals surface area contributed by atoms with Gasteiger partial charge in [-0.3, -0.25) is 0 Å². The highest BCUT2D eigenvalue weighted by atomic mass is 32.1. The summed E-state index contributed by atoms with van der Waals surface area (Å²) >= 11 is 6.41. The van der Waals surface area contributed by atoms with Crippen LogP contribution in [0.4, 0.5) is 46.0 Å². The molecule has 24 nitrogen and oxygen atoms in total. The summed E-state index contributed by atoms with van der Waals surface area (Å²) in [6.45, 7) is 28.4. The third kappa shape index (κ3) is 23.8. The fourth-order valence-electron chi connectivity index (χ4n) is 12.3. The topological polar surface area (TPSA) is 337 Å². The number of aryl methyl sites for hydroxylation is 4. The number of thiophene rings is 4. The molecule has 8 aromatic heterocycles. The normalized spacial score (nSPS) is 11.9. The predicted molar refractivity (Wildman–Crippen MR) is 463 cm³/mol. The SMILES string of the molecule is C=CCc1c(C)nc(-c2cccs2)nc1Nc1ccc(C(OCC)C(=O)O)cc1.C=CCc1c(CC)nc(-c2cccs2)nc1Nc1ccc(C(OCC)C(=O)O)cc1.CCOC(C(=O)O)c1ccc(Nc2nc(-c3cccs3)nc(C)c2CC)cc1.CCOC(C(=O)O)c1ccc(Nc2nc(-c3cccs3)nc(CC)c2CC)cc1. The first kappa shape index (κ1) is 88.4. The minimum Gasteiger partial charge on any atom is -0.479 e. The first-order valence-corrected chi connectivity index (χ1v) is 41.5. The van der Waals surface area contributed by atoms with Gasteiger partial charge in [-0.1, -0.05) is 113 Å². The number of nitrogens with one attached hydrogen (secondary N) is 4. The van der Waals surface area contributed by atoms with Gasteiger partial charge < -0.3 is 60.6 Å². The summed E-state index contributed by atoms with van der Waals surface area (Å²) in [6.07, 6.45) is 4.33. The van der Waals surface area contributed by atoms with Gasteiger partial charge in [0.2, 0.25) is 0 Å². The van der Waals surface area contributed by atoms with Crippen molar-refractivity contribution in [1.29, 1.82) is 0 Å². The van der Waals surface area contributed by atoms with E-state index >= 15 is 0 Å². The Hall–Kier alpha value is -11.6. The molecule has 12 aromatic rings. The van der Waals surface area contributed by atoms with Crippen molar-refractivity contribution in [2.24, 2.45) is 0 Å². The number of ether oxygens (including phenoxy) is 4. The van der Waals surface area contributed by atoms with Gasteiger partial charge in [-0.05, 0) is 197 Å². The fraction of sp³-hybridized carbons (Fsp3) is 0.273. The number of anilines is 8. The van der Waals surface area contributed by atoms with Crippen molar-refractivity contribution in [2.45, 2.75) is 132 Å². The van der Waals surface area contributed by atoms with Gasteiger partial charge in [0, 0.05) is 94.2 Å². The maximum absolute atomic E-state index is 11.4. The van der Waals surface area contributed by atoms with E-state index in [2.05, 4.69) is 72.1 Å². The van der Waals surface area contributed by atoms with Crippen molar-refractivity contribution in [3.63, 3.8) is 0 Å². The van der Waals surface area contributed by atoms with Crippen molar-refractivity contribution < 1.29 is 58.6 Å². The lowest BCUT2D eigenvalue weighted by atomic mass is 10.1. The molecule has 4 unspecified atom stereocenters. The van der Waals surface area contributed by atoms with Gasteiger partial charge in [-0.2, -0.15) is 0 Å². The molecule has 0 saturated heterocycles. The molecule has 8 heterocycles. The highest BCUT2D eigenvalue weighted by Crippen LogP contribution is 2.36. The molecule has 0 saturated carbocycles. The largest absolute Gasteiger partial charge is 0.479 e. The monoisotopic (exact) mass is 1640 g/mol. The molecule has 12 rings (SSSR count). The third-order valence-electron chi connectivity index (χ3n) is 17.8. The third-order valence-corrected chi connectivity index (χ3v) is 21.3. The number of hydrogen-bond donors (Lipinski definition) is 8. The number of carbonyl (C=O) groups is 4. The summed E-state index contributed by atoms with van der Waals surface area (Å²) in [5.41, 5.74) is 13.7. The molecule has 0 radical (unpaired) electrons. The lowest BCUT2D eigenvalue weighted by molar-refractivity contribution is -0.151. The summed E-state index contributed by atoms with van der Waals surface area (Å²) < 4.78 is 21.3. The zero-order valence-electron chi connectivity index (χ0n) is 66.4. The molecule has 0 amide bonds. The average molecular weight is 1640 g/mol. The van der Waals surface area contributed by atoms with Crippen LogP contribution in [0.3, 0.4) is 0 Å². The van der Waals surface area contributed by atoms with Gasteiger partial charge >= 0.3 is 23.9 Å². The Labute approximate surface area is 691 Å². The number of aromatic nitrogens is 8. The van der Waals surface area contributed by atoms with Gasteiger partial charge in [0.1, 0.15) is 23.3 Å². The number of hydrogen-bond acceptors (Lipinski definition) is 24. The van der Waals surface area contributed by atoms with Crippen LogP contribution in [0.5, 0.6) is 0 Å². The van der Waals surface area contributed by atoms with E-state index in [1.54, 1.807) is 122 Å². The molecule has 0 aliphatic carbocycles. The molecule has 116 heavy (non-hydrogen) atoms. The van der Waals surface area contributed by atoms with Crippen molar-refractivity contribution in [3.05, 3.63) is 260 Å². The minimum absolute atomic E-state index is 0.327. The van der Waals surface area contributed by atoms with E-state index in [1.165, 1.54) is 0 Å². The minimum atomic E-state index is -1.01. The second-order valence-electron chi connectivity index (χ2n) is 25.6. The van der Waals surface area contributed by atoms with Crippen LogP contribution in [0.15, 0.2) is 192 Å². The summed E-state index contributed by atoms with van der Waals surface area (Å²) in [7, 11) is 0. The molecular weight excluding hydrogens is 1550 g/mol. The average Bonchev–Trinajstić information content (AvgIpc) is 1.22. The zero-order valence-corrected chi connectivity index (χ0v) is 69.6. The highest BCUT2D eigenvalue weighted by Gasteiger charge is 2.26. The number of carboxylic acid groups (broad SMARTS) is 4. The first-order valence-electron chi connectivity index (χ1n) is 38.0. The lowest BCUT2D eigenvalue weighted by Gasteiger charge is -2.16. The smallest absolute Gasteiger partial charge is 0.337 e. The Kier molecular flexibility index (Phi) is 33.8. The molecule has 0 spiro atoms. The molecule has 0 bridgehead atoms. The number of allylic oxidation sites excluding steroid dienone is 2. The Bertz CT molecular complexity index is 5170. The molecule has 8 N–H and O–H groups in total.